The van der Waals surface area contributed by atoms with Gasteiger partial charge in [0.05, 0.1) is 13.1 Å². The highest BCUT2D eigenvalue weighted by molar-refractivity contribution is 7.09. The van der Waals surface area contributed by atoms with E-state index in [2.05, 4.69) is 15.5 Å². The maximum Gasteiger partial charge on any atom is 0.234 e. The van der Waals surface area contributed by atoms with Crippen LogP contribution in [0.2, 0.25) is 0 Å². The summed E-state index contributed by atoms with van der Waals surface area (Å²) in [5, 5.41) is 7.85. The van der Waals surface area contributed by atoms with Gasteiger partial charge in [0.25, 0.3) is 0 Å². The van der Waals surface area contributed by atoms with Crippen LogP contribution in [0.25, 0.3) is 0 Å². The lowest BCUT2D eigenvalue weighted by atomic mass is 9.96. The Labute approximate surface area is 168 Å². The van der Waals surface area contributed by atoms with Gasteiger partial charge >= 0.3 is 0 Å². The molecule has 0 saturated carbocycles. The summed E-state index contributed by atoms with van der Waals surface area (Å²) in [7, 11) is 0. The predicted molar refractivity (Wildman–Crippen MR) is 108 cm³/mol. The molecular formula is C21H26FN3O2S. The molecule has 2 heterocycles. The van der Waals surface area contributed by atoms with Crippen molar-refractivity contribution in [1.82, 2.24) is 15.5 Å². The Bertz CT molecular complexity index is 774. The number of halogens is 1. The van der Waals surface area contributed by atoms with E-state index in [4.69, 9.17) is 0 Å². The minimum atomic E-state index is -0.234. The zero-order valence-electron chi connectivity index (χ0n) is 15.8. The van der Waals surface area contributed by atoms with E-state index in [1.54, 1.807) is 29.5 Å². The van der Waals surface area contributed by atoms with Crippen molar-refractivity contribution in [2.24, 2.45) is 5.92 Å². The Balaban J connectivity index is 1.32. The largest absolute Gasteiger partial charge is 0.356 e. The first-order chi connectivity index (χ1) is 13.6. The van der Waals surface area contributed by atoms with Gasteiger partial charge in [-0.1, -0.05) is 24.3 Å². The monoisotopic (exact) mass is 403 g/mol. The molecule has 1 aromatic carbocycles. The Morgan fingerprint density at radius 3 is 2.61 bits per heavy atom. The average molecular weight is 404 g/mol. The van der Waals surface area contributed by atoms with Crippen LogP contribution in [0.4, 0.5) is 4.39 Å². The molecule has 28 heavy (non-hydrogen) atoms. The third-order valence-corrected chi connectivity index (χ3v) is 5.89. The quantitative estimate of drug-likeness (QED) is 0.712. The number of carbonyl (C=O) groups excluding carboxylic acids is 2. The van der Waals surface area contributed by atoms with Crippen LogP contribution in [-0.4, -0.2) is 42.9 Å². The highest BCUT2D eigenvalue weighted by Gasteiger charge is 2.25. The van der Waals surface area contributed by atoms with Gasteiger partial charge in [0, 0.05) is 17.3 Å². The lowest BCUT2D eigenvalue weighted by molar-refractivity contribution is -0.126. The SMILES string of the molecule is O=C(CN1CCC(C(=O)NCCc2ccccc2F)CC1)NCc1cccs1. The minimum Gasteiger partial charge on any atom is -0.356 e. The molecule has 1 aromatic heterocycles. The van der Waals surface area contributed by atoms with Crippen molar-refractivity contribution in [3.05, 3.63) is 58.0 Å². The van der Waals surface area contributed by atoms with Crippen molar-refractivity contribution in [3.8, 4) is 0 Å². The Morgan fingerprint density at radius 1 is 1.11 bits per heavy atom. The highest BCUT2D eigenvalue weighted by atomic mass is 32.1. The van der Waals surface area contributed by atoms with E-state index in [0.29, 0.717) is 31.6 Å². The number of carbonyl (C=O) groups is 2. The first kappa shape index (κ1) is 20.5. The van der Waals surface area contributed by atoms with E-state index in [1.165, 1.54) is 6.07 Å². The van der Waals surface area contributed by atoms with Gasteiger partial charge in [-0.15, -0.1) is 11.3 Å². The molecule has 0 bridgehead atoms. The van der Waals surface area contributed by atoms with Crippen LogP contribution in [0.5, 0.6) is 0 Å². The van der Waals surface area contributed by atoms with E-state index in [-0.39, 0.29) is 23.5 Å². The number of hydrogen-bond acceptors (Lipinski definition) is 4. The normalized spacial score (nSPS) is 15.3. The van der Waals surface area contributed by atoms with Crippen molar-refractivity contribution < 1.29 is 14.0 Å². The van der Waals surface area contributed by atoms with Crippen LogP contribution in [-0.2, 0) is 22.6 Å². The van der Waals surface area contributed by atoms with E-state index in [1.807, 2.05) is 17.5 Å². The second kappa shape index (κ2) is 10.3. The number of nitrogens with one attached hydrogen (secondary N) is 2. The van der Waals surface area contributed by atoms with Crippen LogP contribution < -0.4 is 10.6 Å². The molecule has 1 aliphatic heterocycles. The maximum atomic E-state index is 13.6. The van der Waals surface area contributed by atoms with Crippen molar-refractivity contribution >= 4 is 23.2 Å². The molecule has 1 fully saturated rings. The summed E-state index contributed by atoms with van der Waals surface area (Å²) in [5.41, 5.74) is 0.617. The van der Waals surface area contributed by atoms with E-state index < -0.39 is 0 Å². The van der Waals surface area contributed by atoms with Gasteiger partial charge in [-0.25, -0.2) is 4.39 Å². The van der Waals surface area contributed by atoms with E-state index >= 15 is 0 Å². The van der Waals surface area contributed by atoms with Crippen LogP contribution in [0.1, 0.15) is 23.3 Å². The number of benzene rings is 1. The molecular weight excluding hydrogens is 377 g/mol. The number of amides is 2. The summed E-state index contributed by atoms with van der Waals surface area (Å²) in [5.74, 6) is -0.229. The molecule has 2 aromatic rings. The molecule has 2 amide bonds. The van der Waals surface area contributed by atoms with Gasteiger partial charge in [-0.3, -0.25) is 14.5 Å². The second-order valence-corrected chi connectivity index (χ2v) is 8.07. The summed E-state index contributed by atoms with van der Waals surface area (Å²) in [6.45, 7) is 2.84. The second-order valence-electron chi connectivity index (χ2n) is 7.04. The number of piperidine rings is 1. The molecule has 3 rings (SSSR count). The molecule has 0 radical (unpaired) electrons. The summed E-state index contributed by atoms with van der Waals surface area (Å²) >= 11 is 1.63. The molecule has 0 unspecified atom stereocenters. The first-order valence-corrected chi connectivity index (χ1v) is 10.5. The Hall–Kier alpha value is -2.25. The fourth-order valence-corrected chi connectivity index (χ4v) is 4.02. The fourth-order valence-electron chi connectivity index (χ4n) is 3.38. The van der Waals surface area contributed by atoms with Crippen LogP contribution >= 0.6 is 11.3 Å². The van der Waals surface area contributed by atoms with Gasteiger partial charge in [0.2, 0.25) is 11.8 Å². The van der Waals surface area contributed by atoms with Crippen LogP contribution in [0, 0.1) is 11.7 Å². The molecule has 7 heteroatoms. The van der Waals surface area contributed by atoms with Gasteiger partial charge in [-0.2, -0.15) is 0 Å². The predicted octanol–water partition coefficient (Wildman–Crippen LogP) is 2.57. The molecule has 0 aliphatic carbocycles. The number of likely N-dealkylation sites (tertiary alicyclic amines) is 1. The zero-order chi connectivity index (χ0) is 19.8. The molecule has 0 spiro atoms. The Morgan fingerprint density at radius 2 is 1.89 bits per heavy atom. The lowest BCUT2D eigenvalue weighted by Crippen LogP contribution is -2.44. The average Bonchev–Trinajstić information content (AvgIpc) is 3.22. The zero-order valence-corrected chi connectivity index (χ0v) is 16.6. The van der Waals surface area contributed by atoms with Gasteiger partial charge in [0.15, 0.2) is 0 Å². The lowest BCUT2D eigenvalue weighted by Gasteiger charge is -2.30. The van der Waals surface area contributed by atoms with E-state index in [9.17, 15) is 14.0 Å². The van der Waals surface area contributed by atoms with Crippen molar-refractivity contribution in [1.29, 1.82) is 0 Å². The standard InChI is InChI=1S/C21H26FN3O2S/c22-19-6-2-1-4-16(19)7-10-23-21(27)17-8-11-25(12-9-17)15-20(26)24-14-18-5-3-13-28-18/h1-6,13,17H,7-12,14-15H2,(H,23,27)(H,24,26). The minimum absolute atomic E-state index is 0.0150. The fraction of sp³-hybridized carbons (Fsp3) is 0.429. The number of thiophene rings is 1. The molecule has 2 N–H and O–H groups in total. The summed E-state index contributed by atoms with van der Waals surface area (Å²) in [4.78, 5) is 27.6. The van der Waals surface area contributed by atoms with Gasteiger partial charge < -0.3 is 10.6 Å². The third-order valence-electron chi connectivity index (χ3n) is 5.02. The van der Waals surface area contributed by atoms with Crippen LogP contribution in [0.3, 0.4) is 0 Å². The molecule has 0 atom stereocenters. The van der Waals surface area contributed by atoms with E-state index in [0.717, 1.165) is 30.8 Å². The van der Waals surface area contributed by atoms with Crippen molar-refractivity contribution in [3.63, 3.8) is 0 Å². The molecule has 150 valence electrons. The number of hydrogen-bond donors (Lipinski definition) is 2. The van der Waals surface area contributed by atoms with Crippen LogP contribution in [0.15, 0.2) is 41.8 Å². The maximum absolute atomic E-state index is 13.6. The van der Waals surface area contributed by atoms with Gasteiger partial charge in [-0.05, 0) is 55.4 Å². The summed E-state index contributed by atoms with van der Waals surface area (Å²) in [6.07, 6.45) is 1.97. The third kappa shape index (κ3) is 6.14. The number of nitrogens with zero attached hydrogens (tertiary/aromatic N) is 1. The molecule has 5 nitrogen and oxygen atoms in total. The van der Waals surface area contributed by atoms with Crippen molar-refractivity contribution in [2.45, 2.75) is 25.8 Å². The topological polar surface area (TPSA) is 61.4 Å². The van der Waals surface area contributed by atoms with Crippen molar-refractivity contribution in [2.75, 3.05) is 26.2 Å². The summed E-state index contributed by atoms with van der Waals surface area (Å²) < 4.78 is 13.6. The van der Waals surface area contributed by atoms with Gasteiger partial charge in [0.1, 0.15) is 5.82 Å². The first-order valence-electron chi connectivity index (χ1n) is 9.64. The molecule has 1 aliphatic rings. The molecule has 1 saturated heterocycles. The summed E-state index contributed by atoms with van der Waals surface area (Å²) in [6, 6.07) is 10.6. The Kier molecular flexibility index (Phi) is 7.56. The number of rotatable bonds is 8. The smallest absolute Gasteiger partial charge is 0.234 e. The highest BCUT2D eigenvalue weighted by Crippen LogP contribution is 2.17.